The van der Waals surface area contributed by atoms with Crippen LogP contribution in [0.25, 0.3) is 27.9 Å². The van der Waals surface area contributed by atoms with Gasteiger partial charge in [-0.25, -0.2) is 9.97 Å². The number of halogens is 3. The molecule has 4 rings (SSSR count). The molecule has 2 aromatic carbocycles. The molecule has 1 amide bonds. The molecule has 35 heavy (non-hydrogen) atoms. The van der Waals surface area contributed by atoms with Gasteiger partial charge in [0.1, 0.15) is 11.8 Å². The average molecular weight is 487 g/mol. The van der Waals surface area contributed by atoms with E-state index >= 15 is 0 Å². The van der Waals surface area contributed by atoms with Crippen LogP contribution in [0.2, 0.25) is 0 Å². The number of anilines is 1. The summed E-state index contributed by atoms with van der Waals surface area (Å²) in [5, 5.41) is 11.1. The van der Waals surface area contributed by atoms with Gasteiger partial charge in [0.05, 0.1) is 5.52 Å². The number of likely N-dealkylation sites (N-methyl/N-ethyl adjacent to an activating group) is 1. The lowest BCUT2D eigenvalue weighted by Crippen LogP contribution is -2.40. The number of amides is 1. The maximum atomic E-state index is 12.7. The van der Waals surface area contributed by atoms with Gasteiger partial charge in [0.15, 0.2) is 11.5 Å². The first-order valence-corrected chi connectivity index (χ1v) is 10.8. The number of alkyl halides is 3. The molecule has 2 aromatic heterocycles. The highest BCUT2D eigenvalue weighted by molar-refractivity contribution is 5.93. The smallest absolute Gasteiger partial charge is 0.406 e. The molecular formula is C23H24F3N7O2. The molecule has 12 heteroatoms. The van der Waals surface area contributed by atoms with E-state index in [1.54, 1.807) is 19.1 Å². The summed E-state index contributed by atoms with van der Waals surface area (Å²) < 4.78 is 43.5. The second-order valence-electron chi connectivity index (χ2n) is 8.16. The number of rotatable bonds is 8. The predicted molar refractivity (Wildman–Crippen MR) is 125 cm³/mol. The van der Waals surface area contributed by atoms with Gasteiger partial charge < -0.3 is 20.3 Å². The molecular weight excluding hydrogens is 463 g/mol. The maximum Gasteiger partial charge on any atom is 0.573 e. The number of benzene rings is 2. The van der Waals surface area contributed by atoms with E-state index in [0.717, 1.165) is 0 Å². The number of para-hydroxylation sites is 1. The molecule has 0 saturated heterocycles. The van der Waals surface area contributed by atoms with Crippen LogP contribution in [-0.2, 0) is 4.79 Å². The summed E-state index contributed by atoms with van der Waals surface area (Å²) in [5.74, 6) is -0.136. The number of nitrogens with one attached hydrogen (secondary N) is 2. The SMILES string of the molecule is C[C@@H](Nc1nc2ccccc2c2nc(-c3cccc(OC(F)(F)F)c3)nn12)C(=O)NCCN(C)C. The van der Waals surface area contributed by atoms with Gasteiger partial charge >= 0.3 is 6.36 Å². The molecule has 1 atom stereocenters. The van der Waals surface area contributed by atoms with Gasteiger partial charge in [-0.2, -0.15) is 4.52 Å². The fourth-order valence-corrected chi connectivity index (χ4v) is 3.42. The van der Waals surface area contributed by atoms with Crippen molar-refractivity contribution < 1.29 is 22.7 Å². The minimum atomic E-state index is -4.81. The Morgan fingerprint density at radius 2 is 1.91 bits per heavy atom. The summed E-state index contributed by atoms with van der Waals surface area (Å²) in [7, 11) is 3.83. The monoisotopic (exact) mass is 487 g/mol. The fourth-order valence-electron chi connectivity index (χ4n) is 3.42. The lowest BCUT2D eigenvalue weighted by atomic mass is 10.2. The van der Waals surface area contributed by atoms with Crippen molar-refractivity contribution in [3.63, 3.8) is 0 Å². The van der Waals surface area contributed by atoms with E-state index in [9.17, 15) is 18.0 Å². The van der Waals surface area contributed by atoms with Crippen molar-refractivity contribution in [2.75, 3.05) is 32.5 Å². The van der Waals surface area contributed by atoms with Crippen LogP contribution in [0.1, 0.15) is 6.92 Å². The molecule has 0 unspecified atom stereocenters. The molecule has 2 heterocycles. The summed E-state index contributed by atoms with van der Waals surface area (Å²) in [6.07, 6.45) is -4.81. The highest BCUT2D eigenvalue weighted by Gasteiger charge is 2.31. The number of carbonyl (C=O) groups excluding carboxylic acids is 1. The van der Waals surface area contributed by atoms with Crippen molar-refractivity contribution in [2.24, 2.45) is 0 Å². The molecule has 9 nitrogen and oxygen atoms in total. The average Bonchev–Trinajstić information content (AvgIpc) is 3.24. The summed E-state index contributed by atoms with van der Waals surface area (Å²) in [4.78, 5) is 23.6. The van der Waals surface area contributed by atoms with Gasteiger partial charge in [-0.15, -0.1) is 18.3 Å². The number of fused-ring (bicyclic) bond motifs is 3. The highest BCUT2D eigenvalue weighted by atomic mass is 19.4. The molecule has 0 saturated carbocycles. The second kappa shape index (κ2) is 9.74. The largest absolute Gasteiger partial charge is 0.573 e. The fraction of sp³-hybridized carbons (Fsp3) is 0.304. The Morgan fingerprint density at radius 3 is 2.66 bits per heavy atom. The number of hydrogen-bond acceptors (Lipinski definition) is 7. The molecule has 0 fully saturated rings. The summed E-state index contributed by atoms with van der Waals surface area (Å²) in [6, 6.07) is 12.1. The van der Waals surface area contributed by atoms with Gasteiger partial charge in [0.25, 0.3) is 0 Å². The first-order valence-electron chi connectivity index (χ1n) is 10.8. The molecule has 0 bridgehead atoms. The van der Waals surface area contributed by atoms with Crippen molar-refractivity contribution >= 4 is 28.4 Å². The third-order valence-electron chi connectivity index (χ3n) is 5.10. The van der Waals surface area contributed by atoms with Crippen LogP contribution >= 0.6 is 0 Å². The van der Waals surface area contributed by atoms with Gasteiger partial charge in [0.2, 0.25) is 11.9 Å². The van der Waals surface area contributed by atoms with Gasteiger partial charge in [-0.3, -0.25) is 4.79 Å². The van der Waals surface area contributed by atoms with E-state index in [-0.39, 0.29) is 23.4 Å². The Kier molecular flexibility index (Phi) is 6.74. The Bertz CT molecular complexity index is 1350. The van der Waals surface area contributed by atoms with E-state index in [1.165, 1.54) is 22.7 Å². The number of nitrogens with zero attached hydrogens (tertiary/aromatic N) is 5. The molecule has 0 aliphatic rings. The third-order valence-corrected chi connectivity index (χ3v) is 5.10. The number of hydrogen-bond donors (Lipinski definition) is 2. The van der Waals surface area contributed by atoms with Crippen LogP contribution in [0.5, 0.6) is 5.75 Å². The van der Waals surface area contributed by atoms with E-state index in [1.807, 2.05) is 37.2 Å². The third kappa shape index (κ3) is 5.77. The van der Waals surface area contributed by atoms with Crippen molar-refractivity contribution in [3.05, 3.63) is 48.5 Å². The van der Waals surface area contributed by atoms with Crippen LogP contribution in [0.4, 0.5) is 19.1 Å². The second-order valence-corrected chi connectivity index (χ2v) is 8.16. The van der Waals surface area contributed by atoms with E-state index < -0.39 is 12.4 Å². The standard InChI is InChI=1S/C23H24F3N7O2/c1-14(21(34)27-11-12-32(2)3)28-22-29-18-10-5-4-9-17(18)20-30-19(31-33(20)22)15-7-6-8-16(13-15)35-23(24,25)26/h4-10,13-14H,11-12H2,1-3H3,(H,27,34)(H,28,29)/t14-/m1/s1. The minimum absolute atomic E-state index is 0.182. The predicted octanol–water partition coefficient (Wildman–Crippen LogP) is 3.32. The number of carbonyl (C=O) groups is 1. The molecule has 4 aromatic rings. The molecule has 184 valence electrons. The lowest BCUT2D eigenvalue weighted by molar-refractivity contribution is -0.274. The molecule has 0 aliphatic carbocycles. The van der Waals surface area contributed by atoms with Crippen molar-refractivity contribution in [3.8, 4) is 17.1 Å². The highest BCUT2D eigenvalue weighted by Crippen LogP contribution is 2.28. The van der Waals surface area contributed by atoms with E-state index in [2.05, 4.69) is 30.4 Å². The number of aromatic nitrogens is 4. The normalized spacial score (nSPS) is 12.8. The van der Waals surface area contributed by atoms with Gasteiger partial charge in [-0.1, -0.05) is 24.3 Å². The van der Waals surface area contributed by atoms with Crippen LogP contribution in [-0.4, -0.2) is 70.0 Å². The van der Waals surface area contributed by atoms with Crippen LogP contribution in [0.15, 0.2) is 48.5 Å². The quantitative estimate of drug-likeness (QED) is 0.394. The van der Waals surface area contributed by atoms with Crippen LogP contribution in [0, 0.1) is 0 Å². The molecule has 2 N–H and O–H groups in total. The first-order chi connectivity index (χ1) is 16.6. The zero-order valence-corrected chi connectivity index (χ0v) is 19.3. The summed E-state index contributed by atoms with van der Waals surface area (Å²) in [5.41, 5.74) is 1.39. The lowest BCUT2D eigenvalue weighted by Gasteiger charge is -2.16. The van der Waals surface area contributed by atoms with Crippen molar-refractivity contribution in [2.45, 2.75) is 19.3 Å². The van der Waals surface area contributed by atoms with Gasteiger partial charge in [0, 0.05) is 24.0 Å². The first kappa shape index (κ1) is 24.2. The van der Waals surface area contributed by atoms with Crippen LogP contribution < -0.4 is 15.4 Å². The molecule has 0 radical (unpaired) electrons. The van der Waals surface area contributed by atoms with Gasteiger partial charge in [-0.05, 0) is 45.3 Å². The zero-order valence-electron chi connectivity index (χ0n) is 19.3. The molecule has 0 spiro atoms. The summed E-state index contributed by atoms with van der Waals surface area (Å²) in [6.45, 7) is 2.88. The Morgan fingerprint density at radius 1 is 1.14 bits per heavy atom. The van der Waals surface area contributed by atoms with E-state index in [0.29, 0.717) is 35.2 Å². The minimum Gasteiger partial charge on any atom is -0.406 e. The van der Waals surface area contributed by atoms with Crippen molar-refractivity contribution in [1.82, 2.24) is 29.8 Å². The Balaban J connectivity index is 1.70. The van der Waals surface area contributed by atoms with Crippen molar-refractivity contribution in [1.29, 1.82) is 0 Å². The zero-order chi connectivity index (χ0) is 25.2. The Labute approximate surface area is 198 Å². The topological polar surface area (TPSA) is 96.7 Å². The van der Waals surface area contributed by atoms with E-state index in [4.69, 9.17) is 0 Å². The molecule has 0 aliphatic heterocycles. The van der Waals surface area contributed by atoms with Crippen LogP contribution in [0.3, 0.4) is 0 Å². The summed E-state index contributed by atoms with van der Waals surface area (Å²) >= 11 is 0. The maximum absolute atomic E-state index is 12.7. The number of ether oxygens (including phenoxy) is 1. The Hall–Kier alpha value is -3.93.